The van der Waals surface area contributed by atoms with Gasteiger partial charge in [0.2, 0.25) is 6.79 Å². The molecule has 1 heterocycles. The monoisotopic (exact) mass is 266 g/mol. The molecular formula is C17H14O3. The van der Waals surface area contributed by atoms with Crippen LogP contribution >= 0.6 is 0 Å². The highest BCUT2D eigenvalue weighted by Gasteiger charge is 2.14. The van der Waals surface area contributed by atoms with E-state index in [0.29, 0.717) is 0 Å². The normalized spacial score (nSPS) is 11.7. The van der Waals surface area contributed by atoms with E-state index in [1.54, 1.807) is 7.11 Å². The topological polar surface area (TPSA) is 27.7 Å². The Morgan fingerprint density at radius 2 is 1.70 bits per heavy atom. The Bertz CT molecular complexity index is 691. The van der Waals surface area contributed by atoms with Gasteiger partial charge in [-0.05, 0) is 42.8 Å². The van der Waals surface area contributed by atoms with Gasteiger partial charge in [0, 0.05) is 17.2 Å². The van der Waals surface area contributed by atoms with Gasteiger partial charge in [-0.25, -0.2) is 0 Å². The van der Waals surface area contributed by atoms with Gasteiger partial charge in [0.1, 0.15) is 5.75 Å². The lowest BCUT2D eigenvalue weighted by atomic mass is 10.1. The molecule has 0 saturated heterocycles. The third-order valence-electron chi connectivity index (χ3n) is 3.15. The van der Waals surface area contributed by atoms with E-state index in [4.69, 9.17) is 14.2 Å². The highest BCUT2D eigenvalue weighted by Crippen LogP contribution is 2.34. The third kappa shape index (κ3) is 2.41. The van der Waals surface area contributed by atoms with Crippen LogP contribution in [-0.4, -0.2) is 13.9 Å². The molecule has 0 aromatic heterocycles. The van der Waals surface area contributed by atoms with Crippen LogP contribution in [0.1, 0.15) is 16.7 Å². The molecule has 0 unspecified atom stereocenters. The fourth-order valence-electron chi connectivity index (χ4n) is 1.99. The number of hydrogen-bond donors (Lipinski definition) is 0. The molecule has 0 aliphatic carbocycles. The van der Waals surface area contributed by atoms with E-state index >= 15 is 0 Å². The third-order valence-corrected chi connectivity index (χ3v) is 3.15. The molecule has 2 aromatic carbocycles. The lowest BCUT2D eigenvalue weighted by molar-refractivity contribution is 0.174. The second kappa shape index (κ2) is 5.18. The van der Waals surface area contributed by atoms with E-state index < -0.39 is 0 Å². The van der Waals surface area contributed by atoms with Crippen LogP contribution in [0.4, 0.5) is 0 Å². The van der Waals surface area contributed by atoms with Gasteiger partial charge in [-0.2, -0.15) is 0 Å². The van der Waals surface area contributed by atoms with Crippen LogP contribution in [0.25, 0.3) is 0 Å². The number of methoxy groups -OCH3 is 1. The predicted octanol–water partition coefficient (Wildman–Crippen LogP) is 3.13. The Morgan fingerprint density at radius 3 is 2.40 bits per heavy atom. The van der Waals surface area contributed by atoms with Crippen LogP contribution in [0, 0.1) is 18.8 Å². The van der Waals surface area contributed by atoms with Crippen molar-refractivity contribution in [2.45, 2.75) is 6.92 Å². The molecule has 20 heavy (non-hydrogen) atoms. The van der Waals surface area contributed by atoms with Crippen molar-refractivity contribution in [1.29, 1.82) is 0 Å². The largest absolute Gasteiger partial charge is 0.497 e. The van der Waals surface area contributed by atoms with Crippen molar-refractivity contribution in [3.8, 4) is 29.1 Å². The van der Waals surface area contributed by atoms with Gasteiger partial charge in [-0.3, -0.25) is 0 Å². The Labute approximate surface area is 118 Å². The van der Waals surface area contributed by atoms with Crippen molar-refractivity contribution in [1.82, 2.24) is 0 Å². The summed E-state index contributed by atoms with van der Waals surface area (Å²) in [6.07, 6.45) is 0. The summed E-state index contributed by atoms with van der Waals surface area (Å²) >= 11 is 0. The van der Waals surface area contributed by atoms with Crippen molar-refractivity contribution in [2.24, 2.45) is 0 Å². The first-order chi connectivity index (χ1) is 9.76. The zero-order valence-electron chi connectivity index (χ0n) is 11.4. The average Bonchev–Trinajstić information content (AvgIpc) is 2.92. The van der Waals surface area contributed by atoms with Gasteiger partial charge >= 0.3 is 0 Å². The highest BCUT2D eigenvalue weighted by molar-refractivity contribution is 5.55. The number of rotatable bonds is 1. The molecule has 3 heteroatoms. The van der Waals surface area contributed by atoms with E-state index in [2.05, 4.69) is 11.8 Å². The maximum absolute atomic E-state index is 5.37. The van der Waals surface area contributed by atoms with Gasteiger partial charge in [-0.15, -0.1) is 0 Å². The zero-order chi connectivity index (χ0) is 13.9. The first-order valence-corrected chi connectivity index (χ1v) is 6.32. The summed E-state index contributed by atoms with van der Waals surface area (Å²) < 4.78 is 15.8. The minimum atomic E-state index is 0.282. The van der Waals surface area contributed by atoms with Crippen LogP contribution < -0.4 is 14.2 Å². The lowest BCUT2D eigenvalue weighted by Gasteiger charge is -2.01. The molecule has 0 saturated carbocycles. The number of aryl methyl sites for hydroxylation is 1. The van der Waals surface area contributed by atoms with E-state index in [-0.39, 0.29) is 6.79 Å². The minimum absolute atomic E-state index is 0.282. The van der Waals surface area contributed by atoms with Crippen LogP contribution in [0.15, 0.2) is 36.4 Å². The number of hydrogen-bond acceptors (Lipinski definition) is 3. The predicted molar refractivity (Wildman–Crippen MR) is 76.3 cm³/mol. The summed E-state index contributed by atoms with van der Waals surface area (Å²) in [6.45, 7) is 2.30. The smallest absolute Gasteiger partial charge is 0.231 e. The molecule has 100 valence electrons. The van der Waals surface area contributed by atoms with Gasteiger partial charge in [-0.1, -0.05) is 11.8 Å². The summed E-state index contributed by atoms with van der Waals surface area (Å²) in [6, 6.07) is 11.6. The molecule has 3 nitrogen and oxygen atoms in total. The SMILES string of the molecule is COc1ccc(C#Cc2cc3c(cc2C)OCO3)cc1. The molecule has 1 aliphatic heterocycles. The molecule has 0 spiro atoms. The lowest BCUT2D eigenvalue weighted by Crippen LogP contribution is -1.92. The van der Waals surface area contributed by atoms with Gasteiger partial charge < -0.3 is 14.2 Å². The van der Waals surface area contributed by atoms with Crippen molar-refractivity contribution in [3.63, 3.8) is 0 Å². The van der Waals surface area contributed by atoms with Gasteiger partial charge in [0.25, 0.3) is 0 Å². The maximum Gasteiger partial charge on any atom is 0.231 e. The fraction of sp³-hybridized carbons (Fsp3) is 0.176. The summed E-state index contributed by atoms with van der Waals surface area (Å²) in [4.78, 5) is 0. The Balaban J connectivity index is 1.89. The maximum atomic E-state index is 5.37. The second-order valence-corrected chi connectivity index (χ2v) is 4.50. The molecule has 0 fully saturated rings. The molecule has 2 aromatic rings. The molecule has 3 rings (SSSR count). The fourth-order valence-corrected chi connectivity index (χ4v) is 1.99. The first kappa shape index (κ1) is 12.4. The van der Waals surface area contributed by atoms with E-state index in [1.807, 2.05) is 43.3 Å². The summed E-state index contributed by atoms with van der Waals surface area (Å²) in [5.74, 6) is 8.69. The first-order valence-electron chi connectivity index (χ1n) is 6.32. The summed E-state index contributed by atoms with van der Waals surface area (Å²) in [7, 11) is 1.65. The quantitative estimate of drug-likeness (QED) is 0.742. The number of fused-ring (bicyclic) bond motifs is 1. The summed E-state index contributed by atoms with van der Waals surface area (Å²) in [5, 5.41) is 0. The molecule has 1 aliphatic rings. The molecule has 0 bridgehead atoms. The van der Waals surface area contributed by atoms with Crippen LogP contribution in [-0.2, 0) is 0 Å². The highest BCUT2D eigenvalue weighted by atomic mass is 16.7. The zero-order valence-corrected chi connectivity index (χ0v) is 11.4. The van der Waals surface area contributed by atoms with E-state index in [9.17, 15) is 0 Å². The van der Waals surface area contributed by atoms with E-state index in [1.165, 1.54) is 0 Å². The van der Waals surface area contributed by atoms with Crippen molar-refractivity contribution in [3.05, 3.63) is 53.1 Å². The standard InChI is InChI=1S/C17H14O3/c1-12-9-16-17(20-11-19-16)10-14(12)6-3-13-4-7-15(18-2)8-5-13/h4-5,7-10H,11H2,1-2H3. The van der Waals surface area contributed by atoms with Crippen LogP contribution in [0.2, 0.25) is 0 Å². The van der Waals surface area contributed by atoms with Crippen molar-refractivity contribution >= 4 is 0 Å². The molecule has 0 atom stereocenters. The van der Waals surface area contributed by atoms with Crippen LogP contribution in [0.3, 0.4) is 0 Å². The summed E-state index contributed by atoms with van der Waals surface area (Å²) in [5.41, 5.74) is 2.98. The molecule has 0 amide bonds. The number of benzene rings is 2. The van der Waals surface area contributed by atoms with Crippen molar-refractivity contribution < 1.29 is 14.2 Å². The Hall–Kier alpha value is -2.60. The molecule has 0 N–H and O–H groups in total. The van der Waals surface area contributed by atoms with Crippen LogP contribution in [0.5, 0.6) is 17.2 Å². The minimum Gasteiger partial charge on any atom is -0.497 e. The molecular weight excluding hydrogens is 252 g/mol. The Kier molecular flexibility index (Phi) is 3.22. The van der Waals surface area contributed by atoms with Gasteiger partial charge in [0.15, 0.2) is 11.5 Å². The van der Waals surface area contributed by atoms with E-state index in [0.717, 1.165) is 33.9 Å². The van der Waals surface area contributed by atoms with Gasteiger partial charge in [0.05, 0.1) is 7.11 Å². The molecule has 0 radical (unpaired) electrons. The van der Waals surface area contributed by atoms with Crippen molar-refractivity contribution in [2.75, 3.05) is 13.9 Å². The second-order valence-electron chi connectivity index (χ2n) is 4.50. The number of ether oxygens (including phenoxy) is 3. The average molecular weight is 266 g/mol. The Morgan fingerprint density at radius 1 is 1.00 bits per heavy atom.